The van der Waals surface area contributed by atoms with Crippen LogP contribution in [0.25, 0.3) is 0 Å². The van der Waals surface area contributed by atoms with Gasteiger partial charge in [-0.1, -0.05) is 0 Å². The second-order valence-electron chi connectivity index (χ2n) is 2.96. The molecule has 0 atom stereocenters. The Morgan fingerprint density at radius 2 is 2.14 bits per heavy atom. The third kappa shape index (κ3) is 1.41. The monoisotopic (exact) mass is 193 g/mol. The van der Waals surface area contributed by atoms with Crippen molar-refractivity contribution in [1.29, 1.82) is 0 Å². The molecule has 1 aliphatic heterocycles. The summed E-state index contributed by atoms with van der Waals surface area (Å²) in [6, 6.07) is 1.48. The molecule has 1 fully saturated rings. The van der Waals surface area contributed by atoms with E-state index in [9.17, 15) is 14.4 Å². The number of amides is 1. The van der Waals surface area contributed by atoms with Crippen LogP contribution in [0.1, 0.15) is 6.42 Å². The number of anilines is 1. The SMILES string of the molecule is O=C1CC(=O)N(c2ccnc(=O)[nH]2)C1. The third-order valence-corrected chi connectivity index (χ3v) is 1.93. The predicted octanol–water partition coefficient (Wildman–Crippen LogP) is -0.924. The van der Waals surface area contributed by atoms with Crippen molar-refractivity contribution < 1.29 is 9.59 Å². The van der Waals surface area contributed by atoms with Crippen molar-refractivity contribution in [1.82, 2.24) is 9.97 Å². The van der Waals surface area contributed by atoms with Gasteiger partial charge >= 0.3 is 5.69 Å². The Hall–Kier alpha value is -1.98. The lowest BCUT2D eigenvalue weighted by Gasteiger charge is -2.12. The van der Waals surface area contributed by atoms with Crippen molar-refractivity contribution in [2.45, 2.75) is 6.42 Å². The number of H-pyrrole nitrogens is 1. The first-order valence-electron chi connectivity index (χ1n) is 4.04. The summed E-state index contributed by atoms with van der Waals surface area (Å²) in [6.45, 7) is 0.0266. The molecule has 72 valence electrons. The molecule has 1 N–H and O–H groups in total. The zero-order valence-corrected chi connectivity index (χ0v) is 7.19. The molecule has 6 heteroatoms. The highest BCUT2D eigenvalue weighted by Gasteiger charge is 2.28. The molecule has 6 nitrogen and oxygen atoms in total. The van der Waals surface area contributed by atoms with E-state index in [1.165, 1.54) is 17.2 Å². The summed E-state index contributed by atoms with van der Waals surface area (Å²) in [5, 5.41) is 0. The number of nitrogens with zero attached hydrogens (tertiary/aromatic N) is 2. The van der Waals surface area contributed by atoms with Crippen molar-refractivity contribution in [3.63, 3.8) is 0 Å². The summed E-state index contributed by atoms with van der Waals surface area (Å²) < 4.78 is 0. The summed E-state index contributed by atoms with van der Waals surface area (Å²) in [7, 11) is 0. The van der Waals surface area contributed by atoms with E-state index >= 15 is 0 Å². The predicted molar refractivity (Wildman–Crippen MR) is 46.8 cm³/mol. The molecule has 0 aromatic carbocycles. The van der Waals surface area contributed by atoms with Gasteiger partial charge in [-0.05, 0) is 6.07 Å². The molecule has 0 saturated carbocycles. The number of hydrogen-bond donors (Lipinski definition) is 1. The number of carbonyl (C=O) groups excluding carboxylic acids is 2. The van der Waals surface area contributed by atoms with Crippen LogP contribution in [-0.4, -0.2) is 28.2 Å². The zero-order valence-electron chi connectivity index (χ0n) is 7.19. The van der Waals surface area contributed by atoms with Gasteiger partial charge in [-0.2, -0.15) is 0 Å². The molecule has 1 amide bonds. The first-order chi connectivity index (χ1) is 6.66. The summed E-state index contributed by atoms with van der Waals surface area (Å²) in [4.78, 5) is 40.1. The van der Waals surface area contributed by atoms with Crippen LogP contribution in [0.3, 0.4) is 0 Å². The first kappa shape index (κ1) is 8.61. The number of aromatic nitrogens is 2. The van der Waals surface area contributed by atoms with Crippen LogP contribution in [-0.2, 0) is 9.59 Å². The molecule has 1 aromatic heterocycles. The highest BCUT2D eigenvalue weighted by Crippen LogP contribution is 2.14. The average molecular weight is 193 g/mol. The summed E-state index contributed by atoms with van der Waals surface area (Å²) in [6.07, 6.45) is 1.20. The van der Waals surface area contributed by atoms with E-state index in [4.69, 9.17) is 0 Å². The standard InChI is InChI=1S/C8H7N3O3/c12-5-3-7(13)11(4-5)6-1-2-9-8(14)10-6/h1-2H,3-4H2,(H,9,10,14). The lowest BCUT2D eigenvalue weighted by atomic mass is 10.3. The Bertz CT molecular complexity index is 451. The van der Waals surface area contributed by atoms with E-state index in [0.29, 0.717) is 5.82 Å². The van der Waals surface area contributed by atoms with Gasteiger partial charge in [0.05, 0.1) is 13.0 Å². The fourth-order valence-corrected chi connectivity index (χ4v) is 1.32. The van der Waals surface area contributed by atoms with Crippen molar-refractivity contribution in [3.05, 3.63) is 22.7 Å². The molecule has 1 saturated heterocycles. The third-order valence-electron chi connectivity index (χ3n) is 1.93. The second-order valence-corrected chi connectivity index (χ2v) is 2.96. The maximum Gasteiger partial charge on any atom is 0.346 e. The van der Waals surface area contributed by atoms with E-state index in [2.05, 4.69) is 9.97 Å². The highest BCUT2D eigenvalue weighted by molar-refractivity contribution is 6.14. The maximum atomic E-state index is 11.3. The normalized spacial score (nSPS) is 16.4. The van der Waals surface area contributed by atoms with Crippen LogP contribution < -0.4 is 10.6 Å². The Morgan fingerprint density at radius 1 is 1.36 bits per heavy atom. The molecule has 1 aliphatic rings. The van der Waals surface area contributed by atoms with Crippen LogP contribution in [0.15, 0.2) is 17.1 Å². The first-order valence-corrected chi connectivity index (χ1v) is 4.04. The minimum Gasteiger partial charge on any atom is -0.297 e. The van der Waals surface area contributed by atoms with E-state index in [1.807, 2.05) is 0 Å². The number of aromatic amines is 1. The molecule has 14 heavy (non-hydrogen) atoms. The smallest absolute Gasteiger partial charge is 0.297 e. The van der Waals surface area contributed by atoms with Crippen LogP contribution in [0.5, 0.6) is 0 Å². The lowest BCUT2D eigenvalue weighted by molar-refractivity contribution is -0.121. The van der Waals surface area contributed by atoms with Crippen LogP contribution >= 0.6 is 0 Å². The van der Waals surface area contributed by atoms with Crippen LogP contribution in [0.2, 0.25) is 0 Å². The number of carbonyl (C=O) groups is 2. The minimum absolute atomic E-state index is 0.0266. The Balaban J connectivity index is 2.36. The molecule has 0 spiro atoms. The van der Waals surface area contributed by atoms with Crippen molar-refractivity contribution in [3.8, 4) is 0 Å². The largest absolute Gasteiger partial charge is 0.346 e. The number of Topliss-reactive ketones (excluding diaryl/α,β-unsaturated/α-hetero) is 1. The van der Waals surface area contributed by atoms with Gasteiger partial charge in [-0.15, -0.1) is 0 Å². The second kappa shape index (κ2) is 3.06. The Labute approximate surface area is 78.6 Å². The van der Waals surface area contributed by atoms with E-state index in [1.54, 1.807) is 0 Å². The number of ketones is 1. The number of nitrogens with one attached hydrogen (secondary N) is 1. The topological polar surface area (TPSA) is 83.1 Å². The zero-order chi connectivity index (χ0) is 10.1. The molecule has 0 unspecified atom stereocenters. The van der Waals surface area contributed by atoms with Gasteiger partial charge in [0.2, 0.25) is 5.91 Å². The number of hydrogen-bond acceptors (Lipinski definition) is 4. The number of rotatable bonds is 1. The van der Waals surface area contributed by atoms with Gasteiger partial charge in [0.15, 0.2) is 5.78 Å². The Kier molecular flexibility index (Phi) is 1.88. The minimum atomic E-state index is -0.533. The molecule has 2 rings (SSSR count). The van der Waals surface area contributed by atoms with Crippen molar-refractivity contribution in [2.24, 2.45) is 0 Å². The average Bonchev–Trinajstić information content (AvgIpc) is 2.45. The van der Waals surface area contributed by atoms with Gasteiger partial charge < -0.3 is 0 Å². The summed E-state index contributed by atoms with van der Waals surface area (Å²) in [5.41, 5.74) is -0.533. The molecule has 1 aromatic rings. The van der Waals surface area contributed by atoms with E-state index in [-0.39, 0.29) is 24.7 Å². The highest BCUT2D eigenvalue weighted by atomic mass is 16.2. The summed E-state index contributed by atoms with van der Waals surface area (Å²) in [5.74, 6) is -0.120. The molecular formula is C8H7N3O3. The van der Waals surface area contributed by atoms with Crippen molar-refractivity contribution in [2.75, 3.05) is 11.4 Å². The van der Waals surface area contributed by atoms with E-state index in [0.717, 1.165) is 0 Å². The maximum absolute atomic E-state index is 11.3. The lowest BCUT2D eigenvalue weighted by Crippen LogP contribution is -2.27. The van der Waals surface area contributed by atoms with E-state index < -0.39 is 5.69 Å². The van der Waals surface area contributed by atoms with Gasteiger partial charge in [-0.25, -0.2) is 9.78 Å². The van der Waals surface area contributed by atoms with Crippen LogP contribution in [0.4, 0.5) is 5.82 Å². The van der Waals surface area contributed by atoms with Gasteiger partial charge in [-0.3, -0.25) is 19.5 Å². The van der Waals surface area contributed by atoms with Crippen molar-refractivity contribution >= 4 is 17.5 Å². The quantitative estimate of drug-likeness (QED) is 0.584. The van der Waals surface area contributed by atoms with Gasteiger partial charge in [0, 0.05) is 6.20 Å². The van der Waals surface area contributed by atoms with Gasteiger partial charge in [0.25, 0.3) is 0 Å². The molecule has 2 heterocycles. The fraction of sp³-hybridized carbons (Fsp3) is 0.250. The van der Waals surface area contributed by atoms with Gasteiger partial charge in [0.1, 0.15) is 5.82 Å². The Morgan fingerprint density at radius 3 is 2.71 bits per heavy atom. The summed E-state index contributed by atoms with van der Waals surface area (Å²) >= 11 is 0. The molecule has 0 radical (unpaired) electrons. The van der Waals surface area contributed by atoms with Crippen LogP contribution in [0, 0.1) is 0 Å². The fourth-order valence-electron chi connectivity index (χ4n) is 1.32. The molecule has 0 bridgehead atoms. The molecular weight excluding hydrogens is 186 g/mol. The molecule has 0 aliphatic carbocycles.